The lowest BCUT2D eigenvalue weighted by Gasteiger charge is -2.47. The van der Waals surface area contributed by atoms with Gasteiger partial charge in [-0.3, -0.25) is 9.59 Å². The molecule has 0 N–H and O–H groups in total. The van der Waals surface area contributed by atoms with Gasteiger partial charge in [-0.15, -0.1) is 0 Å². The molecule has 1 aliphatic heterocycles. The molecule has 2 bridgehead atoms. The van der Waals surface area contributed by atoms with E-state index in [1.807, 2.05) is 0 Å². The molecule has 3 aromatic carbocycles. The normalized spacial score (nSPS) is 24.6. The van der Waals surface area contributed by atoms with E-state index in [4.69, 9.17) is 11.6 Å². The lowest BCUT2D eigenvalue weighted by molar-refractivity contribution is -0.122. The highest BCUT2D eigenvalue weighted by molar-refractivity contribution is 6.31. The third kappa shape index (κ3) is 3.25. The molecule has 0 saturated carbocycles. The second kappa shape index (κ2) is 7.55. The largest absolute Gasteiger partial charge is 0.274 e. The Hall–Kier alpha value is -2.91. The van der Waals surface area contributed by atoms with Crippen LogP contribution in [0.5, 0.6) is 0 Å². The Balaban J connectivity index is 1.58. The molecule has 4 atom stereocenters. The summed E-state index contributed by atoms with van der Waals surface area (Å²) in [6.07, 6.45) is 0. The van der Waals surface area contributed by atoms with Crippen molar-refractivity contribution in [2.24, 2.45) is 11.8 Å². The summed E-state index contributed by atoms with van der Waals surface area (Å²) >= 11 is 6.26. The number of imide groups is 1. The Morgan fingerprint density at radius 2 is 1.11 bits per heavy atom. The van der Waals surface area contributed by atoms with Crippen LogP contribution in [-0.2, 0) is 20.4 Å². The number of carbonyl (C=O) groups is 2. The minimum Gasteiger partial charge on any atom is -0.274 e. The second-order valence-corrected chi connectivity index (χ2v) is 13.1. The van der Waals surface area contributed by atoms with E-state index >= 15 is 0 Å². The van der Waals surface area contributed by atoms with Crippen LogP contribution in [0.3, 0.4) is 0 Å². The number of nitrogens with zero attached hydrogens (tertiary/aromatic N) is 1. The zero-order chi connectivity index (χ0) is 25.7. The number of halogens is 1. The molecule has 7 rings (SSSR count). The minimum atomic E-state index is -0.405. The smallest absolute Gasteiger partial charge is 0.238 e. The Morgan fingerprint density at radius 1 is 0.639 bits per heavy atom. The monoisotopic (exact) mass is 497 g/mol. The fraction of sp³-hybridized carbons (Fsp3) is 0.375. The molecule has 1 saturated heterocycles. The molecule has 1 fully saturated rings. The van der Waals surface area contributed by atoms with Crippen molar-refractivity contribution >= 4 is 29.1 Å². The minimum absolute atomic E-state index is 0.00757. The molecule has 3 aliphatic carbocycles. The molecule has 4 aliphatic rings. The maximum Gasteiger partial charge on any atom is 0.238 e. The molecule has 0 radical (unpaired) electrons. The van der Waals surface area contributed by atoms with E-state index in [0.29, 0.717) is 10.7 Å². The fourth-order valence-electron chi connectivity index (χ4n) is 6.58. The van der Waals surface area contributed by atoms with E-state index in [1.54, 1.807) is 24.3 Å². The molecular weight excluding hydrogens is 466 g/mol. The highest BCUT2D eigenvalue weighted by atomic mass is 35.5. The summed E-state index contributed by atoms with van der Waals surface area (Å²) < 4.78 is 0. The summed E-state index contributed by atoms with van der Waals surface area (Å²) in [5, 5.41) is 0.516. The molecule has 36 heavy (non-hydrogen) atoms. The third-order valence-electron chi connectivity index (χ3n) is 8.43. The van der Waals surface area contributed by atoms with Gasteiger partial charge in [-0.1, -0.05) is 95.6 Å². The number of carbonyl (C=O) groups excluding carboxylic acids is 2. The van der Waals surface area contributed by atoms with Gasteiger partial charge < -0.3 is 0 Å². The Labute approximate surface area is 218 Å². The van der Waals surface area contributed by atoms with E-state index in [1.165, 1.54) is 38.3 Å². The van der Waals surface area contributed by atoms with Gasteiger partial charge in [-0.05, 0) is 62.4 Å². The molecule has 4 heteroatoms. The van der Waals surface area contributed by atoms with Crippen molar-refractivity contribution in [3.63, 3.8) is 0 Å². The van der Waals surface area contributed by atoms with Gasteiger partial charge in [0, 0.05) is 16.9 Å². The molecule has 3 aromatic rings. The van der Waals surface area contributed by atoms with Crippen molar-refractivity contribution in [2.75, 3.05) is 4.90 Å². The van der Waals surface area contributed by atoms with Crippen molar-refractivity contribution in [2.45, 2.75) is 64.2 Å². The Morgan fingerprint density at radius 3 is 1.53 bits per heavy atom. The van der Waals surface area contributed by atoms with E-state index in [-0.39, 0.29) is 34.5 Å². The van der Waals surface area contributed by atoms with Crippen LogP contribution < -0.4 is 4.90 Å². The van der Waals surface area contributed by atoms with Gasteiger partial charge in [0.05, 0.1) is 17.5 Å². The Bertz CT molecular complexity index is 1350. The third-order valence-corrected chi connectivity index (χ3v) is 8.66. The van der Waals surface area contributed by atoms with Crippen LogP contribution in [0.15, 0.2) is 60.7 Å². The summed E-state index contributed by atoms with van der Waals surface area (Å²) in [7, 11) is 0. The lowest BCUT2D eigenvalue weighted by atomic mass is 9.54. The quantitative estimate of drug-likeness (QED) is 0.330. The van der Waals surface area contributed by atoms with E-state index in [2.05, 4.69) is 77.9 Å². The first-order valence-corrected chi connectivity index (χ1v) is 13.2. The van der Waals surface area contributed by atoms with Gasteiger partial charge in [0.25, 0.3) is 0 Å². The van der Waals surface area contributed by atoms with Gasteiger partial charge in [0.15, 0.2) is 0 Å². The zero-order valence-corrected chi connectivity index (χ0v) is 22.5. The fourth-order valence-corrected chi connectivity index (χ4v) is 6.76. The van der Waals surface area contributed by atoms with Crippen LogP contribution in [-0.4, -0.2) is 11.8 Å². The summed E-state index contributed by atoms with van der Waals surface area (Å²) in [5.74, 6) is -1.31. The van der Waals surface area contributed by atoms with Crippen molar-refractivity contribution in [3.8, 4) is 0 Å². The van der Waals surface area contributed by atoms with Crippen LogP contribution in [0.1, 0.15) is 86.8 Å². The SMILES string of the molecule is CC(C)(C)c1ccc2c(c1)[C@@H]1c3ccc(C(C)(C)C)cc3[C@@H]2[C@@H]2C(=O)N(c3cccc(Cl)c3)C(=O)[C@H]12. The van der Waals surface area contributed by atoms with Crippen LogP contribution in [0.4, 0.5) is 5.69 Å². The maximum atomic E-state index is 14.0. The highest BCUT2D eigenvalue weighted by Crippen LogP contribution is 2.62. The zero-order valence-electron chi connectivity index (χ0n) is 21.7. The first kappa shape index (κ1) is 23.5. The topological polar surface area (TPSA) is 37.4 Å². The van der Waals surface area contributed by atoms with E-state index < -0.39 is 11.8 Å². The predicted octanol–water partition coefficient (Wildman–Crippen LogP) is 7.33. The first-order valence-electron chi connectivity index (χ1n) is 12.8. The van der Waals surface area contributed by atoms with Crippen molar-refractivity contribution in [1.29, 1.82) is 0 Å². The van der Waals surface area contributed by atoms with Crippen LogP contribution in [0.2, 0.25) is 5.02 Å². The van der Waals surface area contributed by atoms with Crippen molar-refractivity contribution in [3.05, 3.63) is 99.1 Å². The number of hydrogen-bond donors (Lipinski definition) is 0. The van der Waals surface area contributed by atoms with Crippen LogP contribution in [0, 0.1) is 11.8 Å². The van der Waals surface area contributed by atoms with E-state index in [9.17, 15) is 9.59 Å². The van der Waals surface area contributed by atoms with Crippen molar-refractivity contribution < 1.29 is 9.59 Å². The number of benzene rings is 3. The molecular formula is C32H32ClNO2. The summed E-state index contributed by atoms with van der Waals surface area (Å²) in [5.41, 5.74) is 7.86. The van der Waals surface area contributed by atoms with Gasteiger partial charge in [0.2, 0.25) is 11.8 Å². The molecule has 3 nitrogen and oxygen atoms in total. The average molecular weight is 498 g/mol. The van der Waals surface area contributed by atoms with Crippen molar-refractivity contribution in [1.82, 2.24) is 0 Å². The molecule has 0 aromatic heterocycles. The maximum absolute atomic E-state index is 14.0. The number of hydrogen-bond acceptors (Lipinski definition) is 2. The standard InChI is InChI=1S/C32H32ClNO2/c1-31(2,3)17-10-12-21-23(14-17)25-22-13-11-18(32(4,5)6)15-24(22)26(21)28-27(25)29(35)34(30(28)36)20-9-7-8-19(33)16-20/h7-16,25-28H,1-6H3/t25-,26+,27+,28-. The van der Waals surface area contributed by atoms with Gasteiger partial charge in [0.1, 0.15) is 0 Å². The molecule has 0 spiro atoms. The van der Waals surface area contributed by atoms with Gasteiger partial charge in [-0.2, -0.15) is 0 Å². The number of amides is 2. The average Bonchev–Trinajstić information content (AvgIpc) is 3.07. The summed E-state index contributed by atoms with van der Waals surface area (Å²) in [4.78, 5) is 29.5. The lowest BCUT2D eigenvalue weighted by Crippen LogP contribution is -2.42. The molecule has 184 valence electrons. The Kier molecular flexibility index (Phi) is 4.93. The molecule has 2 amide bonds. The van der Waals surface area contributed by atoms with E-state index in [0.717, 1.165) is 0 Å². The molecule has 1 heterocycles. The number of anilines is 1. The van der Waals surface area contributed by atoms with Gasteiger partial charge >= 0.3 is 0 Å². The summed E-state index contributed by atoms with van der Waals surface area (Å²) in [6, 6.07) is 20.5. The number of rotatable bonds is 1. The second-order valence-electron chi connectivity index (χ2n) is 12.7. The first-order chi connectivity index (χ1) is 16.9. The molecule has 0 unspecified atom stereocenters. The van der Waals surface area contributed by atoms with Crippen LogP contribution in [0.25, 0.3) is 0 Å². The van der Waals surface area contributed by atoms with Gasteiger partial charge in [-0.25, -0.2) is 4.90 Å². The van der Waals surface area contributed by atoms with Crippen LogP contribution >= 0.6 is 11.6 Å². The predicted molar refractivity (Wildman–Crippen MR) is 145 cm³/mol. The highest BCUT2D eigenvalue weighted by Gasteiger charge is 2.62. The summed E-state index contributed by atoms with van der Waals surface area (Å²) in [6.45, 7) is 13.3.